The maximum Gasteiger partial charge on any atom is 0.0451 e. The topological polar surface area (TPSA) is 12.0 Å². The molecule has 1 aromatic heterocycles. The molecule has 1 aliphatic rings. The Hall–Kier alpha value is -0.350. The van der Waals surface area contributed by atoms with Crippen LogP contribution in [0.3, 0.4) is 0 Å². The van der Waals surface area contributed by atoms with Crippen molar-refractivity contribution in [3.8, 4) is 0 Å². The Morgan fingerprint density at radius 1 is 1.21 bits per heavy atom. The summed E-state index contributed by atoms with van der Waals surface area (Å²) in [4.78, 5) is 3.04. The van der Waals surface area contributed by atoms with Gasteiger partial charge in [-0.1, -0.05) is 27.5 Å². The first-order chi connectivity index (χ1) is 9.22. The molecule has 0 aliphatic heterocycles. The minimum absolute atomic E-state index is 0.806. The molecule has 1 nitrogen and oxygen atoms in total. The van der Waals surface area contributed by atoms with Gasteiger partial charge in [-0.05, 0) is 54.7 Å². The van der Waals surface area contributed by atoms with Gasteiger partial charge in [0.2, 0.25) is 0 Å². The lowest BCUT2D eigenvalue weighted by Gasteiger charge is -2.06. The predicted octanol–water partition coefficient (Wildman–Crippen LogP) is 4.94. The van der Waals surface area contributed by atoms with E-state index < -0.39 is 0 Å². The van der Waals surface area contributed by atoms with E-state index in [1.165, 1.54) is 24.1 Å². The SMILES string of the molecule is Clc1ccc(Br)cc1CNCc1cc2c(s1)CCC2. The van der Waals surface area contributed by atoms with Crippen molar-refractivity contribution in [2.75, 3.05) is 0 Å². The van der Waals surface area contributed by atoms with Crippen LogP contribution >= 0.6 is 38.9 Å². The molecule has 1 heterocycles. The molecule has 0 radical (unpaired) electrons. The van der Waals surface area contributed by atoms with E-state index in [-0.39, 0.29) is 0 Å². The molecule has 0 amide bonds. The third-order valence-electron chi connectivity index (χ3n) is 3.42. The molecule has 2 aromatic rings. The van der Waals surface area contributed by atoms with E-state index in [9.17, 15) is 0 Å². The fourth-order valence-electron chi connectivity index (χ4n) is 2.48. The van der Waals surface area contributed by atoms with E-state index in [4.69, 9.17) is 11.6 Å². The Balaban J connectivity index is 1.59. The van der Waals surface area contributed by atoms with Crippen molar-refractivity contribution in [2.45, 2.75) is 32.4 Å². The lowest BCUT2D eigenvalue weighted by Crippen LogP contribution is -2.12. The summed E-state index contributed by atoms with van der Waals surface area (Å²) in [6.45, 7) is 1.74. The van der Waals surface area contributed by atoms with Gasteiger partial charge >= 0.3 is 0 Å². The van der Waals surface area contributed by atoms with Crippen molar-refractivity contribution in [3.05, 3.63) is 54.6 Å². The van der Waals surface area contributed by atoms with Crippen molar-refractivity contribution < 1.29 is 0 Å². The molecular formula is C15H15BrClNS. The fraction of sp³-hybridized carbons (Fsp3) is 0.333. The molecule has 4 heteroatoms. The Morgan fingerprint density at radius 3 is 2.95 bits per heavy atom. The van der Waals surface area contributed by atoms with E-state index >= 15 is 0 Å². The van der Waals surface area contributed by atoms with Gasteiger partial charge in [0.15, 0.2) is 0 Å². The third kappa shape index (κ3) is 3.22. The minimum atomic E-state index is 0.806. The van der Waals surface area contributed by atoms with Crippen LogP contribution in [0.1, 0.15) is 27.3 Å². The van der Waals surface area contributed by atoms with E-state index in [1.807, 2.05) is 23.5 Å². The molecule has 1 N–H and O–H groups in total. The van der Waals surface area contributed by atoms with Gasteiger partial charge in [-0.2, -0.15) is 0 Å². The summed E-state index contributed by atoms with van der Waals surface area (Å²) in [5, 5.41) is 4.30. The van der Waals surface area contributed by atoms with Crippen molar-refractivity contribution in [3.63, 3.8) is 0 Å². The lowest BCUT2D eigenvalue weighted by molar-refractivity contribution is 0.700. The number of nitrogens with one attached hydrogen (secondary N) is 1. The molecule has 0 bridgehead atoms. The number of benzene rings is 1. The van der Waals surface area contributed by atoms with Crippen molar-refractivity contribution >= 4 is 38.9 Å². The predicted molar refractivity (Wildman–Crippen MR) is 86.0 cm³/mol. The van der Waals surface area contributed by atoms with E-state index in [0.717, 1.165) is 28.1 Å². The van der Waals surface area contributed by atoms with Crippen molar-refractivity contribution in [2.24, 2.45) is 0 Å². The van der Waals surface area contributed by atoms with Crippen LogP contribution in [0, 0.1) is 0 Å². The molecule has 0 atom stereocenters. The smallest absolute Gasteiger partial charge is 0.0451 e. The Labute approximate surface area is 131 Å². The van der Waals surface area contributed by atoms with Gasteiger partial charge in [-0.25, -0.2) is 0 Å². The van der Waals surface area contributed by atoms with Crippen molar-refractivity contribution in [1.82, 2.24) is 5.32 Å². The summed E-state index contributed by atoms with van der Waals surface area (Å²) in [5.41, 5.74) is 2.71. The van der Waals surface area contributed by atoms with E-state index in [2.05, 4.69) is 33.4 Å². The first kappa shape index (κ1) is 13.6. The Kier molecular flexibility index (Phi) is 4.27. The zero-order chi connectivity index (χ0) is 13.2. The second-order valence-corrected chi connectivity index (χ2v) is 7.40. The Morgan fingerprint density at radius 2 is 2.11 bits per heavy atom. The quantitative estimate of drug-likeness (QED) is 0.818. The van der Waals surface area contributed by atoms with Gasteiger partial charge in [0, 0.05) is 32.3 Å². The van der Waals surface area contributed by atoms with Gasteiger partial charge in [0.05, 0.1) is 0 Å². The summed E-state index contributed by atoms with van der Waals surface area (Å²) >= 11 is 11.6. The molecule has 0 saturated heterocycles. The van der Waals surface area contributed by atoms with E-state index in [0.29, 0.717) is 0 Å². The Bertz CT molecular complexity index is 572. The molecule has 0 unspecified atom stereocenters. The minimum Gasteiger partial charge on any atom is -0.308 e. The third-order valence-corrected chi connectivity index (χ3v) is 5.52. The first-order valence-corrected chi connectivity index (χ1v) is 8.46. The normalized spacial score (nSPS) is 13.8. The molecule has 1 aromatic carbocycles. The van der Waals surface area contributed by atoms with Crippen LogP contribution in [0.4, 0.5) is 0 Å². The zero-order valence-corrected chi connectivity index (χ0v) is 13.7. The highest BCUT2D eigenvalue weighted by molar-refractivity contribution is 9.10. The largest absolute Gasteiger partial charge is 0.308 e. The molecular weight excluding hydrogens is 342 g/mol. The summed E-state index contributed by atoms with van der Waals surface area (Å²) in [6, 6.07) is 8.34. The highest BCUT2D eigenvalue weighted by Crippen LogP contribution is 2.30. The number of hydrogen-bond acceptors (Lipinski definition) is 2. The highest BCUT2D eigenvalue weighted by atomic mass is 79.9. The van der Waals surface area contributed by atoms with Crippen LogP contribution in [0.5, 0.6) is 0 Å². The highest BCUT2D eigenvalue weighted by Gasteiger charge is 2.14. The summed E-state index contributed by atoms with van der Waals surface area (Å²) < 4.78 is 1.07. The zero-order valence-electron chi connectivity index (χ0n) is 10.5. The standard InChI is InChI=1S/C15H15BrClNS/c16-12-4-5-14(17)11(6-12)8-18-9-13-7-10-2-1-3-15(10)19-13/h4-7,18H,1-3,8-9H2. The molecule has 1 aliphatic carbocycles. The van der Waals surface area contributed by atoms with Crippen LogP contribution in [-0.2, 0) is 25.9 Å². The summed E-state index contributed by atoms with van der Waals surface area (Å²) in [5.74, 6) is 0. The van der Waals surface area contributed by atoms with Crippen LogP contribution < -0.4 is 5.32 Å². The van der Waals surface area contributed by atoms with Crippen LogP contribution in [0.15, 0.2) is 28.7 Å². The van der Waals surface area contributed by atoms with Gasteiger partial charge in [-0.3, -0.25) is 0 Å². The fourth-order valence-corrected chi connectivity index (χ4v) is 4.30. The monoisotopic (exact) mass is 355 g/mol. The first-order valence-electron chi connectivity index (χ1n) is 6.47. The maximum absolute atomic E-state index is 6.18. The molecule has 0 saturated carbocycles. The second kappa shape index (κ2) is 5.96. The molecule has 0 fully saturated rings. The molecule has 100 valence electrons. The maximum atomic E-state index is 6.18. The van der Waals surface area contributed by atoms with Gasteiger partial charge < -0.3 is 5.32 Å². The number of halogens is 2. The molecule has 19 heavy (non-hydrogen) atoms. The van der Waals surface area contributed by atoms with E-state index in [1.54, 1.807) is 10.4 Å². The number of hydrogen-bond donors (Lipinski definition) is 1. The average molecular weight is 357 g/mol. The van der Waals surface area contributed by atoms with Crippen molar-refractivity contribution in [1.29, 1.82) is 0 Å². The van der Waals surface area contributed by atoms with Gasteiger partial charge in [0.1, 0.15) is 0 Å². The van der Waals surface area contributed by atoms with Crippen LogP contribution in [0.25, 0.3) is 0 Å². The van der Waals surface area contributed by atoms with Crippen LogP contribution in [0.2, 0.25) is 5.02 Å². The van der Waals surface area contributed by atoms with Gasteiger partial charge in [-0.15, -0.1) is 11.3 Å². The molecule has 0 spiro atoms. The number of thiophene rings is 1. The van der Waals surface area contributed by atoms with Crippen LogP contribution in [-0.4, -0.2) is 0 Å². The van der Waals surface area contributed by atoms with Gasteiger partial charge in [0.25, 0.3) is 0 Å². The summed E-state index contributed by atoms with van der Waals surface area (Å²) in [7, 11) is 0. The lowest BCUT2D eigenvalue weighted by atomic mass is 10.2. The number of fused-ring (bicyclic) bond motifs is 1. The number of rotatable bonds is 4. The second-order valence-electron chi connectivity index (χ2n) is 4.85. The molecule has 3 rings (SSSR count). The number of aryl methyl sites for hydroxylation is 2. The summed E-state index contributed by atoms with van der Waals surface area (Å²) in [6.07, 6.45) is 3.88. The average Bonchev–Trinajstić information content (AvgIpc) is 2.94.